The molecule has 19 heavy (non-hydrogen) atoms. The van der Waals surface area contributed by atoms with E-state index in [1.165, 1.54) is 24.3 Å². The Kier molecular flexibility index (Phi) is 6.06. The highest BCUT2D eigenvalue weighted by molar-refractivity contribution is 5.85. The van der Waals surface area contributed by atoms with Crippen LogP contribution in [0.2, 0.25) is 0 Å². The smallest absolute Gasteiger partial charge is 0.328 e. The summed E-state index contributed by atoms with van der Waals surface area (Å²) in [6.45, 7) is 4.82. The summed E-state index contributed by atoms with van der Waals surface area (Å²) in [5.74, 6) is -0.375. The Bertz CT molecular complexity index is 453. The van der Waals surface area contributed by atoms with Crippen LogP contribution in [-0.4, -0.2) is 17.7 Å². The summed E-state index contributed by atoms with van der Waals surface area (Å²) in [5.41, 5.74) is 0.437. The van der Waals surface area contributed by atoms with Gasteiger partial charge in [-0.1, -0.05) is 13.8 Å². The second-order valence-electron chi connectivity index (χ2n) is 4.74. The van der Waals surface area contributed by atoms with Crippen LogP contribution < -0.4 is 4.74 Å². The fourth-order valence-electron chi connectivity index (χ4n) is 1.62. The average molecular weight is 266 g/mol. The monoisotopic (exact) mass is 266 g/mol. The van der Waals surface area contributed by atoms with Crippen molar-refractivity contribution in [1.82, 2.24) is 0 Å². The van der Waals surface area contributed by atoms with Gasteiger partial charge in [-0.2, -0.15) is 0 Å². The Morgan fingerprint density at radius 1 is 1.47 bits per heavy atom. The Morgan fingerprint density at radius 3 is 2.84 bits per heavy atom. The van der Waals surface area contributed by atoms with Gasteiger partial charge in [0.05, 0.1) is 6.61 Å². The molecule has 0 saturated carbocycles. The van der Waals surface area contributed by atoms with Crippen LogP contribution in [0, 0.1) is 11.7 Å². The Morgan fingerprint density at radius 2 is 2.21 bits per heavy atom. The fourth-order valence-corrected chi connectivity index (χ4v) is 1.62. The number of carbonyl (C=O) groups is 1. The van der Waals surface area contributed by atoms with Crippen LogP contribution in [0.5, 0.6) is 5.75 Å². The van der Waals surface area contributed by atoms with Gasteiger partial charge in [0.25, 0.3) is 0 Å². The second-order valence-corrected chi connectivity index (χ2v) is 4.74. The lowest BCUT2D eigenvalue weighted by Crippen LogP contribution is -2.01. The first-order valence-electron chi connectivity index (χ1n) is 6.32. The molecule has 0 aliphatic rings. The predicted octanol–water partition coefficient (Wildman–Crippen LogP) is 3.74. The van der Waals surface area contributed by atoms with Crippen molar-refractivity contribution in [3.63, 3.8) is 0 Å². The average Bonchev–Trinajstić information content (AvgIpc) is 2.33. The Hall–Kier alpha value is -1.84. The molecule has 0 bridgehead atoms. The number of ether oxygens (including phenoxy) is 1. The van der Waals surface area contributed by atoms with Crippen molar-refractivity contribution in [1.29, 1.82) is 0 Å². The minimum atomic E-state index is -1.07. The third-order valence-electron chi connectivity index (χ3n) is 2.56. The molecule has 0 atom stereocenters. The summed E-state index contributed by atoms with van der Waals surface area (Å²) in [7, 11) is 0. The van der Waals surface area contributed by atoms with Crippen LogP contribution in [0.15, 0.2) is 24.3 Å². The van der Waals surface area contributed by atoms with Crippen molar-refractivity contribution in [2.45, 2.75) is 26.7 Å². The van der Waals surface area contributed by atoms with E-state index in [2.05, 4.69) is 13.8 Å². The van der Waals surface area contributed by atoms with Gasteiger partial charge in [0.1, 0.15) is 11.6 Å². The molecule has 0 spiro atoms. The molecule has 4 heteroatoms. The number of carboxylic acids is 1. The van der Waals surface area contributed by atoms with Crippen LogP contribution in [0.4, 0.5) is 4.39 Å². The van der Waals surface area contributed by atoms with Crippen LogP contribution in [0.3, 0.4) is 0 Å². The van der Waals surface area contributed by atoms with E-state index >= 15 is 0 Å². The van der Waals surface area contributed by atoms with Gasteiger partial charge in [-0.15, -0.1) is 0 Å². The molecule has 0 fully saturated rings. The van der Waals surface area contributed by atoms with Crippen molar-refractivity contribution in [2.75, 3.05) is 6.61 Å². The second kappa shape index (κ2) is 7.56. The van der Waals surface area contributed by atoms with E-state index in [0.29, 0.717) is 23.8 Å². The topological polar surface area (TPSA) is 46.5 Å². The summed E-state index contributed by atoms with van der Waals surface area (Å²) in [6.07, 6.45) is 4.28. The zero-order valence-electron chi connectivity index (χ0n) is 11.2. The van der Waals surface area contributed by atoms with Crippen molar-refractivity contribution < 1.29 is 19.0 Å². The van der Waals surface area contributed by atoms with Gasteiger partial charge in [-0.3, -0.25) is 0 Å². The van der Waals surface area contributed by atoms with Gasteiger partial charge >= 0.3 is 5.97 Å². The molecule has 1 aromatic carbocycles. The lowest BCUT2D eigenvalue weighted by atomic mass is 10.1. The van der Waals surface area contributed by atoms with E-state index in [9.17, 15) is 9.18 Å². The normalized spacial score (nSPS) is 11.2. The van der Waals surface area contributed by atoms with Gasteiger partial charge in [0.15, 0.2) is 0 Å². The molecule has 0 amide bonds. The molecule has 0 saturated heterocycles. The number of carboxylic acid groups (broad SMARTS) is 1. The molecule has 3 nitrogen and oxygen atoms in total. The number of halogens is 1. The third-order valence-corrected chi connectivity index (χ3v) is 2.56. The summed E-state index contributed by atoms with van der Waals surface area (Å²) in [4.78, 5) is 10.5. The van der Waals surface area contributed by atoms with Gasteiger partial charge in [0, 0.05) is 11.6 Å². The molecule has 104 valence electrons. The molecular formula is C15H19FO3. The number of aliphatic carboxylic acids is 1. The first kappa shape index (κ1) is 15.2. The van der Waals surface area contributed by atoms with Crippen LogP contribution in [0.25, 0.3) is 6.08 Å². The molecule has 0 heterocycles. The largest absolute Gasteiger partial charge is 0.493 e. The van der Waals surface area contributed by atoms with E-state index in [0.717, 1.165) is 18.9 Å². The van der Waals surface area contributed by atoms with Gasteiger partial charge in [-0.25, -0.2) is 9.18 Å². The van der Waals surface area contributed by atoms with E-state index in [1.54, 1.807) is 0 Å². The summed E-state index contributed by atoms with van der Waals surface area (Å²) in [5, 5.41) is 8.59. The van der Waals surface area contributed by atoms with Crippen molar-refractivity contribution in [2.24, 2.45) is 5.92 Å². The maximum absolute atomic E-state index is 13.1. The molecule has 0 unspecified atom stereocenters. The lowest BCUT2D eigenvalue weighted by Gasteiger charge is -2.10. The summed E-state index contributed by atoms with van der Waals surface area (Å²) >= 11 is 0. The number of rotatable bonds is 7. The standard InChI is InChI=1S/C15H19FO3/c1-11(2)4-3-9-19-14-7-6-13(16)10-12(14)5-8-15(17)18/h5-8,10-11H,3-4,9H2,1-2H3,(H,17,18)/b8-5+. The van der Waals surface area contributed by atoms with Crippen molar-refractivity contribution in [3.8, 4) is 5.75 Å². The molecule has 1 aromatic rings. The van der Waals surface area contributed by atoms with E-state index in [-0.39, 0.29) is 0 Å². The predicted molar refractivity (Wildman–Crippen MR) is 72.6 cm³/mol. The van der Waals surface area contributed by atoms with E-state index in [1.807, 2.05) is 0 Å². The third kappa shape index (κ3) is 6.04. The van der Waals surface area contributed by atoms with E-state index < -0.39 is 11.8 Å². The van der Waals surface area contributed by atoms with Crippen molar-refractivity contribution in [3.05, 3.63) is 35.7 Å². The SMILES string of the molecule is CC(C)CCCOc1ccc(F)cc1/C=C/C(=O)O. The maximum Gasteiger partial charge on any atom is 0.328 e. The van der Waals surface area contributed by atoms with Gasteiger partial charge in [0.2, 0.25) is 0 Å². The molecule has 0 aliphatic heterocycles. The highest BCUT2D eigenvalue weighted by Gasteiger charge is 2.04. The molecular weight excluding hydrogens is 247 g/mol. The van der Waals surface area contributed by atoms with Crippen LogP contribution in [-0.2, 0) is 4.79 Å². The molecule has 0 radical (unpaired) electrons. The minimum Gasteiger partial charge on any atom is -0.493 e. The lowest BCUT2D eigenvalue weighted by molar-refractivity contribution is -0.131. The van der Waals surface area contributed by atoms with Crippen LogP contribution in [0.1, 0.15) is 32.3 Å². The fraction of sp³-hybridized carbons (Fsp3) is 0.400. The summed E-state index contributed by atoms with van der Waals surface area (Å²) < 4.78 is 18.7. The summed E-state index contributed by atoms with van der Waals surface area (Å²) in [6, 6.07) is 4.08. The van der Waals surface area contributed by atoms with E-state index in [4.69, 9.17) is 9.84 Å². The maximum atomic E-state index is 13.1. The molecule has 1 rings (SSSR count). The quantitative estimate of drug-likeness (QED) is 0.604. The number of benzene rings is 1. The zero-order chi connectivity index (χ0) is 14.3. The first-order chi connectivity index (χ1) is 8.99. The Labute approximate surface area is 112 Å². The van der Waals surface area contributed by atoms with Crippen molar-refractivity contribution >= 4 is 12.0 Å². The number of hydrogen-bond acceptors (Lipinski definition) is 2. The number of hydrogen-bond donors (Lipinski definition) is 1. The molecule has 1 N–H and O–H groups in total. The minimum absolute atomic E-state index is 0.417. The van der Waals surface area contributed by atoms with Gasteiger partial charge < -0.3 is 9.84 Å². The Balaban J connectivity index is 2.68. The highest BCUT2D eigenvalue weighted by Crippen LogP contribution is 2.21. The molecule has 0 aromatic heterocycles. The first-order valence-corrected chi connectivity index (χ1v) is 6.32. The van der Waals surface area contributed by atoms with Crippen LogP contribution >= 0.6 is 0 Å². The zero-order valence-corrected chi connectivity index (χ0v) is 11.2. The van der Waals surface area contributed by atoms with Gasteiger partial charge in [-0.05, 0) is 43.0 Å². The molecule has 0 aliphatic carbocycles. The highest BCUT2D eigenvalue weighted by atomic mass is 19.1.